The first-order valence-corrected chi connectivity index (χ1v) is 10.6. The number of ether oxygens (including phenoxy) is 6. The van der Waals surface area contributed by atoms with Crippen LogP contribution in [0.4, 0.5) is 0 Å². The van der Waals surface area contributed by atoms with E-state index < -0.39 is 42.5 Å². The fourth-order valence-electron chi connectivity index (χ4n) is 3.23. The Morgan fingerprint density at radius 2 is 1.32 bits per heavy atom. The second-order valence-corrected chi connectivity index (χ2v) is 7.32. The highest BCUT2D eigenvalue weighted by Crippen LogP contribution is 2.25. The van der Waals surface area contributed by atoms with Crippen LogP contribution in [0.3, 0.4) is 0 Å². The average molecular weight is 446 g/mol. The van der Waals surface area contributed by atoms with Gasteiger partial charge >= 0.3 is 23.9 Å². The van der Waals surface area contributed by atoms with Crippen LogP contribution in [0.2, 0.25) is 0 Å². The lowest BCUT2D eigenvalue weighted by atomic mass is 10.0. The zero-order valence-corrected chi connectivity index (χ0v) is 18.8. The number of rotatable bonds is 13. The summed E-state index contributed by atoms with van der Waals surface area (Å²) in [4.78, 5) is 45.5. The third-order valence-corrected chi connectivity index (χ3v) is 4.59. The molecule has 0 N–H and O–H groups in total. The largest absolute Gasteiger partial charge is 0.469 e. The molecular weight excluding hydrogens is 412 g/mol. The van der Waals surface area contributed by atoms with Crippen LogP contribution >= 0.6 is 0 Å². The van der Waals surface area contributed by atoms with Gasteiger partial charge in [0.25, 0.3) is 0 Å². The van der Waals surface area contributed by atoms with E-state index in [9.17, 15) is 19.2 Å². The van der Waals surface area contributed by atoms with Crippen molar-refractivity contribution in [2.24, 2.45) is 0 Å². The Bertz CT molecular complexity index is 591. The van der Waals surface area contributed by atoms with Gasteiger partial charge in [0, 0.05) is 33.8 Å². The maximum absolute atomic E-state index is 11.6. The minimum Gasteiger partial charge on any atom is -0.469 e. The summed E-state index contributed by atoms with van der Waals surface area (Å²) in [7, 11) is 1.38. The molecule has 178 valence electrons. The first kappa shape index (κ1) is 26.8. The number of esters is 4. The van der Waals surface area contributed by atoms with Gasteiger partial charge in [0.2, 0.25) is 0 Å². The predicted molar refractivity (Wildman–Crippen MR) is 107 cm³/mol. The van der Waals surface area contributed by atoms with Crippen molar-refractivity contribution in [1.29, 1.82) is 0 Å². The van der Waals surface area contributed by atoms with E-state index in [1.54, 1.807) is 0 Å². The normalized spacial score (nSPS) is 23.0. The molecular formula is C21H34O10. The van der Waals surface area contributed by atoms with Crippen molar-refractivity contribution in [2.75, 3.05) is 20.3 Å². The van der Waals surface area contributed by atoms with Crippen molar-refractivity contribution >= 4 is 23.9 Å². The van der Waals surface area contributed by atoms with Crippen molar-refractivity contribution in [2.45, 2.75) is 90.3 Å². The zero-order valence-electron chi connectivity index (χ0n) is 18.8. The van der Waals surface area contributed by atoms with Crippen LogP contribution in [0.1, 0.15) is 65.7 Å². The van der Waals surface area contributed by atoms with E-state index in [-0.39, 0.29) is 12.6 Å². The summed E-state index contributed by atoms with van der Waals surface area (Å²) < 4.78 is 31.7. The van der Waals surface area contributed by atoms with Crippen molar-refractivity contribution < 1.29 is 47.6 Å². The highest BCUT2D eigenvalue weighted by atomic mass is 16.7. The Labute approximate surface area is 182 Å². The zero-order chi connectivity index (χ0) is 23.2. The summed E-state index contributed by atoms with van der Waals surface area (Å²) >= 11 is 0. The minimum atomic E-state index is -1.06. The molecule has 0 aromatic heterocycles. The standard InChI is InChI=1S/C21H34O10/c1-14(22)29-17-13-28-21(20(31-16(3)24)19(17)30-15(2)23)27-12-10-8-6-5-7-9-11-18(25)26-4/h17,19-21H,5-13H2,1-4H3/t17-,19+,20-,21+/m1/s1. The Morgan fingerprint density at radius 1 is 0.774 bits per heavy atom. The molecule has 0 aromatic carbocycles. The van der Waals surface area contributed by atoms with E-state index in [1.807, 2.05) is 0 Å². The van der Waals surface area contributed by atoms with E-state index in [0.717, 1.165) is 38.5 Å². The SMILES string of the molecule is COC(=O)CCCCCCCCO[C@H]1OC[C@@H](OC(C)=O)[C@H](OC(C)=O)[C@H]1OC(C)=O. The molecule has 0 aromatic rings. The third kappa shape index (κ3) is 11.1. The first-order chi connectivity index (χ1) is 14.7. The molecule has 0 radical (unpaired) electrons. The van der Waals surface area contributed by atoms with Crippen molar-refractivity contribution in [3.05, 3.63) is 0 Å². The van der Waals surface area contributed by atoms with E-state index in [1.165, 1.54) is 27.9 Å². The van der Waals surface area contributed by atoms with Gasteiger partial charge in [-0.1, -0.05) is 25.7 Å². The van der Waals surface area contributed by atoms with Crippen LogP contribution < -0.4 is 0 Å². The van der Waals surface area contributed by atoms with Crippen LogP contribution in [-0.4, -0.2) is 68.8 Å². The molecule has 0 saturated carbocycles. The van der Waals surface area contributed by atoms with Gasteiger partial charge in [0.05, 0.1) is 13.7 Å². The quantitative estimate of drug-likeness (QED) is 0.236. The molecule has 10 heteroatoms. The van der Waals surface area contributed by atoms with Crippen molar-refractivity contribution in [3.63, 3.8) is 0 Å². The van der Waals surface area contributed by atoms with E-state index >= 15 is 0 Å². The number of methoxy groups -OCH3 is 1. The van der Waals surface area contributed by atoms with Gasteiger partial charge < -0.3 is 28.4 Å². The number of hydrogen-bond donors (Lipinski definition) is 0. The Morgan fingerprint density at radius 3 is 1.90 bits per heavy atom. The lowest BCUT2D eigenvalue weighted by Gasteiger charge is -2.40. The summed E-state index contributed by atoms with van der Waals surface area (Å²) in [6, 6.07) is 0. The smallest absolute Gasteiger partial charge is 0.305 e. The van der Waals surface area contributed by atoms with Gasteiger partial charge in [-0.15, -0.1) is 0 Å². The first-order valence-electron chi connectivity index (χ1n) is 10.6. The molecule has 1 heterocycles. The molecule has 1 fully saturated rings. The summed E-state index contributed by atoms with van der Waals surface area (Å²) in [6.07, 6.45) is 1.95. The molecule has 0 bridgehead atoms. The summed E-state index contributed by atoms with van der Waals surface area (Å²) in [5.41, 5.74) is 0. The lowest BCUT2D eigenvalue weighted by molar-refractivity contribution is -0.281. The van der Waals surface area contributed by atoms with E-state index in [4.69, 9.17) is 23.7 Å². The highest BCUT2D eigenvalue weighted by molar-refractivity contribution is 5.69. The predicted octanol–water partition coefficient (Wildman–Crippen LogP) is 2.06. The van der Waals surface area contributed by atoms with Gasteiger partial charge in [0.1, 0.15) is 0 Å². The number of hydrogen-bond acceptors (Lipinski definition) is 10. The minimum absolute atomic E-state index is 0.0554. The number of carbonyl (C=O) groups is 4. The molecule has 10 nitrogen and oxygen atoms in total. The lowest BCUT2D eigenvalue weighted by Crippen LogP contribution is -2.58. The van der Waals surface area contributed by atoms with Gasteiger partial charge in [-0.25, -0.2) is 0 Å². The van der Waals surface area contributed by atoms with Crippen molar-refractivity contribution in [1.82, 2.24) is 0 Å². The summed E-state index contributed by atoms with van der Waals surface area (Å²) in [5.74, 6) is -1.97. The Kier molecular flexibility index (Phi) is 12.8. The van der Waals surface area contributed by atoms with Crippen LogP contribution in [0.15, 0.2) is 0 Å². The van der Waals surface area contributed by atoms with Crippen LogP contribution in [0, 0.1) is 0 Å². The molecule has 1 aliphatic rings. The summed E-state index contributed by atoms with van der Waals surface area (Å²) in [5, 5.41) is 0. The molecule has 0 spiro atoms. The maximum Gasteiger partial charge on any atom is 0.305 e. The van der Waals surface area contributed by atoms with Crippen molar-refractivity contribution in [3.8, 4) is 0 Å². The van der Waals surface area contributed by atoms with Gasteiger partial charge in [0.15, 0.2) is 24.6 Å². The number of carbonyl (C=O) groups excluding carboxylic acids is 4. The maximum atomic E-state index is 11.6. The average Bonchev–Trinajstić information content (AvgIpc) is 2.69. The summed E-state index contributed by atoms with van der Waals surface area (Å²) in [6.45, 7) is 3.96. The Balaban J connectivity index is 2.48. The van der Waals surface area contributed by atoms with E-state index in [2.05, 4.69) is 4.74 Å². The monoisotopic (exact) mass is 446 g/mol. The highest BCUT2D eigenvalue weighted by Gasteiger charge is 2.47. The molecule has 0 unspecified atom stereocenters. The molecule has 0 aliphatic carbocycles. The van der Waals surface area contributed by atoms with Gasteiger partial charge in [-0.2, -0.15) is 0 Å². The molecule has 31 heavy (non-hydrogen) atoms. The van der Waals surface area contributed by atoms with Crippen LogP contribution in [0.25, 0.3) is 0 Å². The Hall–Kier alpha value is -2.20. The molecule has 1 rings (SSSR count). The van der Waals surface area contributed by atoms with Crippen LogP contribution in [0.5, 0.6) is 0 Å². The molecule has 1 aliphatic heterocycles. The fourth-order valence-corrected chi connectivity index (χ4v) is 3.23. The van der Waals surface area contributed by atoms with Gasteiger partial charge in [-0.05, 0) is 12.8 Å². The molecule has 0 amide bonds. The topological polar surface area (TPSA) is 124 Å². The van der Waals surface area contributed by atoms with Crippen LogP contribution in [-0.2, 0) is 47.6 Å². The molecule has 4 atom stereocenters. The van der Waals surface area contributed by atoms with Gasteiger partial charge in [-0.3, -0.25) is 19.2 Å². The number of unbranched alkanes of at least 4 members (excludes halogenated alkanes) is 5. The van der Waals surface area contributed by atoms with E-state index in [0.29, 0.717) is 13.0 Å². The molecule has 1 saturated heterocycles. The third-order valence-electron chi connectivity index (χ3n) is 4.59. The second kappa shape index (κ2) is 14.7. The second-order valence-electron chi connectivity index (χ2n) is 7.32. The fraction of sp³-hybridized carbons (Fsp3) is 0.810.